The van der Waals surface area contributed by atoms with E-state index in [0.717, 1.165) is 36.9 Å². The standard InChI is InChI=1S/C20H24N4O4/c21-18(26)11-4-6-12(7-5-11)22-15-3-1-2-13-14(15)10-24(20(13)28)16-8-9-17(25)23-19(16)27/h1-3,11-12,16,22H,4-10H2,(H2,21,26)(H,23,25,27). The van der Waals surface area contributed by atoms with Crippen molar-refractivity contribution in [1.29, 1.82) is 0 Å². The van der Waals surface area contributed by atoms with Crippen LogP contribution in [-0.4, -0.2) is 40.6 Å². The second kappa shape index (κ2) is 7.26. The maximum atomic E-state index is 12.9. The van der Waals surface area contributed by atoms with Gasteiger partial charge in [-0.05, 0) is 44.2 Å². The van der Waals surface area contributed by atoms with Gasteiger partial charge in [0.25, 0.3) is 5.91 Å². The van der Waals surface area contributed by atoms with Gasteiger partial charge in [-0.15, -0.1) is 0 Å². The fraction of sp³-hybridized carbons (Fsp3) is 0.500. The predicted molar refractivity (Wildman–Crippen MR) is 101 cm³/mol. The maximum absolute atomic E-state index is 12.9. The Labute approximate surface area is 162 Å². The summed E-state index contributed by atoms with van der Waals surface area (Å²) in [5, 5.41) is 5.84. The molecule has 1 atom stereocenters. The minimum absolute atomic E-state index is 0.0517. The molecule has 28 heavy (non-hydrogen) atoms. The van der Waals surface area contributed by atoms with Gasteiger partial charge in [-0.3, -0.25) is 24.5 Å². The first-order chi connectivity index (χ1) is 13.4. The zero-order valence-corrected chi connectivity index (χ0v) is 15.6. The van der Waals surface area contributed by atoms with Crippen LogP contribution in [0.2, 0.25) is 0 Å². The van der Waals surface area contributed by atoms with Crippen molar-refractivity contribution >= 4 is 29.3 Å². The number of imide groups is 1. The predicted octanol–water partition coefficient (Wildman–Crippen LogP) is 0.904. The molecule has 148 valence electrons. The van der Waals surface area contributed by atoms with Gasteiger partial charge in [-0.1, -0.05) is 6.07 Å². The van der Waals surface area contributed by atoms with Gasteiger partial charge in [0, 0.05) is 41.7 Å². The molecule has 1 saturated carbocycles. The summed E-state index contributed by atoms with van der Waals surface area (Å²) in [6, 6.07) is 5.17. The van der Waals surface area contributed by atoms with E-state index in [9.17, 15) is 19.2 Å². The van der Waals surface area contributed by atoms with Crippen LogP contribution < -0.4 is 16.4 Å². The van der Waals surface area contributed by atoms with Crippen LogP contribution in [0.15, 0.2) is 18.2 Å². The summed E-state index contributed by atoms with van der Waals surface area (Å²) in [6.07, 6.45) is 3.83. The van der Waals surface area contributed by atoms with Gasteiger partial charge in [0.05, 0.1) is 0 Å². The Morgan fingerprint density at radius 2 is 1.86 bits per heavy atom. The molecular formula is C20H24N4O4. The SMILES string of the molecule is NC(=O)C1CCC(Nc2cccc3c2CN(C2CCC(=O)NC2=O)C3=O)CC1. The Morgan fingerprint density at radius 3 is 2.54 bits per heavy atom. The van der Waals surface area contributed by atoms with Crippen molar-refractivity contribution in [2.75, 3.05) is 5.32 Å². The summed E-state index contributed by atoms with van der Waals surface area (Å²) < 4.78 is 0. The molecule has 0 radical (unpaired) electrons. The van der Waals surface area contributed by atoms with Crippen molar-refractivity contribution in [3.8, 4) is 0 Å². The fourth-order valence-electron chi connectivity index (χ4n) is 4.46. The van der Waals surface area contributed by atoms with Gasteiger partial charge in [-0.2, -0.15) is 0 Å². The van der Waals surface area contributed by atoms with Crippen LogP contribution in [0.25, 0.3) is 0 Å². The summed E-state index contributed by atoms with van der Waals surface area (Å²) in [4.78, 5) is 49.4. The Morgan fingerprint density at radius 1 is 1.11 bits per heavy atom. The Kier molecular flexibility index (Phi) is 4.78. The number of primary amides is 1. The minimum atomic E-state index is -0.614. The molecule has 4 amide bonds. The van der Waals surface area contributed by atoms with Crippen LogP contribution in [0, 0.1) is 5.92 Å². The van der Waals surface area contributed by atoms with E-state index in [1.807, 2.05) is 12.1 Å². The van der Waals surface area contributed by atoms with Crippen LogP contribution >= 0.6 is 0 Å². The van der Waals surface area contributed by atoms with Gasteiger partial charge < -0.3 is 16.0 Å². The maximum Gasteiger partial charge on any atom is 0.255 e. The van der Waals surface area contributed by atoms with Crippen molar-refractivity contribution in [2.24, 2.45) is 11.7 Å². The largest absolute Gasteiger partial charge is 0.382 e. The summed E-state index contributed by atoms with van der Waals surface area (Å²) >= 11 is 0. The molecule has 2 heterocycles. The van der Waals surface area contributed by atoms with E-state index >= 15 is 0 Å². The summed E-state index contributed by atoms with van der Waals surface area (Å²) in [6.45, 7) is 0.347. The third-order valence-corrected chi connectivity index (χ3v) is 6.07. The van der Waals surface area contributed by atoms with E-state index in [4.69, 9.17) is 5.73 Å². The second-order valence-electron chi connectivity index (χ2n) is 7.83. The van der Waals surface area contributed by atoms with Crippen LogP contribution in [0.1, 0.15) is 54.4 Å². The number of carbonyl (C=O) groups excluding carboxylic acids is 4. The van der Waals surface area contributed by atoms with E-state index in [2.05, 4.69) is 10.6 Å². The van der Waals surface area contributed by atoms with E-state index < -0.39 is 11.9 Å². The molecule has 4 rings (SSSR count). The van der Waals surface area contributed by atoms with Crippen molar-refractivity contribution in [1.82, 2.24) is 10.2 Å². The molecule has 1 unspecified atom stereocenters. The molecule has 2 aliphatic heterocycles. The van der Waals surface area contributed by atoms with Gasteiger partial charge in [0.1, 0.15) is 6.04 Å². The Bertz CT molecular complexity index is 845. The van der Waals surface area contributed by atoms with Crippen LogP contribution in [0.5, 0.6) is 0 Å². The summed E-state index contributed by atoms with van der Waals surface area (Å²) in [5.74, 6) is -1.16. The Hall–Kier alpha value is -2.90. The number of rotatable bonds is 4. The molecule has 1 aromatic rings. The summed E-state index contributed by atoms with van der Waals surface area (Å²) in [7, 11) is 0. The highest BCUT2D eigenvalue weighted by Gasteiger charge is 2.40. The number of anilines is 1. The second-order valence-corrected chi connectivity index (χ2v) is 7.83. The molecular weight excluding hydrogens is 360 g/mol. The lowest BCUT2D eigenvalue weighted by molar-refractivity contribution is -0.137. The first-order valence-corrected chi connectivity index (χ1v) is 9.76. The monoisotopic (exact) mass is 384 g/mol. The third-order valence-electron chi connectivity index (χ3n) is 6.07. The molecule has 1 saturated heterocycles. The molecule has 2 fully saturated rings. The number of fused-ring (bicyclic) bond motifs is 1. The molecule has 0 bridgehead atoms. The fourth-order valence-corrected chi connectivity index (χ4v) is 4.46. The average Bonchev–Trinajstić information content (AvgIpc) is 3.00. The number of nitrogens with zero attached hydrogens (tertiary/aromatic N) is 1. The van der Waals surface area contributed by atoms with E-state index in [-0.39, 0.29) is 36.1 Å². The lowest BCUT2D eigenvalue weighted by Gasteiger charge is -2.30. The van der Waals surface area contributed by atoms with Gasteiger partial charge >= 0.3 is 0 Å². The molecule has 3 aliphatic rings. The van der Waals surface area contributed by atoms with Crippen LogP contribution in [0.3, 0.4) is 0 Å². The van der Waals surface area contributed by atoms with Crippen molar-refractivity contribution in [2.45, 2.75) is 57.2 Å². The van der Waals surface area contributed by atoms with E-state index in [0.29, 0.717) is 18.5 Å². The van der Waals surface area contributed by atoms with E-state index in [1.54, 1.807) is 11.0 Å². The molecule has 0 spiro atoms. The third kappa shape index (κ3) is 3.34. The van der Waals surface area contributed by atoms with Gasteiger partial charge in [0.2, 0.25) is 17.7 Å². The van der Waals surface area contributed by atoms with Crippen LogP contribution in [0.4, 0.5) is 5.69 Å². The number of hydrogen-bond donors (Lipinski definition) is 3. The minimum Gasteiger partial charge on any atom is -0.382 e. The quantitative estimate of drug-likeness (QED) is 0.666. The number of hydrogen-bond acceptors (Lipinski definition) is 5. The highest BCUT2D eigenvalue weighted by molar-refractivity contribution is 6.06. The zero-order chi connectivity index (χ0) is 19.8. The van der Waals surface area contributed by atoms with Crippen molar-refractivity contribution < 1.29 is 19.2 Å². The summed E-state index contributed by atoms with van der Waals surface area (Å²) in [5.41, 5.74) is 7.78. The molecule has 1 aliphatic carbocycles. The van der Waals surface area contributed by atoms with Crippen LogP contribution in [-0.2, 0) is 20.9 Å². The highest BCUT2D eigenvalue weighted by Crippen LogP contribution is 2.34. The molecule has 8 heteroatoms. The normalized spacial score (nSPS) is 27.4. The number of carbonyl (C=O) groups is 4. The molecule has 8 nitrogen and oxygen atoms in total. The highest BCUT2D eigenvalue weighted by atomic mass is 16.2. The molecule has 4 N–H and O–H groups in total. The van der Waals surface area contributed by atoms with Gasteiger partial charge in [-0.25, -0.2) is 0 Å². The van der Waals surface area contributed by atoms with Gasteiger partial charge in [0.15, 0.2) is 0 Å². The van der Waals surface area contributed by atoms with Crippen molar-refractivity contribution in [3.63, 3.8) is 0 Å². The zero-order valence-electron chi connectivity index (χ0n) is 15.6. The van der Waals surface area contributed by atoms with E-state index in [1.165, 1.54) is 0 Å². The first-order valence-electron chi connectivity index (χ1n) is 9.76. The average molecular weight is 384 g/mol. The number of amides is 4. The number of nitrogens with one attached hydrogen (secondary N) is 2. The van der Waals surface area contributed by atoms with Crippen molar-refractivity contribution in [3.05, 3.63) is 29.3 Å². The lowest BCUT2D eigenvalue weighted by atomic mass is 9.85. The molecule has 0 aromatic heterocycles. The smallest absolute Gasteiger partial charge is 0.255 e. The topological polar surface area (TPSA) is 122 Å². The number of benzene rings is 1. The first kappa shape index (κ1) is 18.5. The number of piperidine rings is 1. The number of nitrogens with two attached hydrogens (primary N) is 1. The Balaban J connectivity index is 1.48. The molecule has 1 aromatic carbocycles. The lowest BCUT2D eigenvalue weighted by Crippen LogP contribution is -2.52.